The molecule has 1 amide bonds. The average molecular weight is 501 g/mol. The lowest BCUT2D eigenvalue weighted by Crippen LogP contribution is -2.17. The fourth-order valence-corrected chi connectivity index (χ4v) is 3.23. The molecule has 6 nitrogen and oxygen atoms in total. The van der Waals surface area contributed by atoms with Gasteiger partial charge in [-0.15, -0.1) is 6.58 Å². The lowest BCUT2D eigenvalue weighted by molar-refractivity contribution is -0.137. The van der Waals surface area contributed by atoms with E-state index in [9.17, 15) is 22.4 Å². The molecule has 0 radical (unpaired) electrons. The molecule has 10 heteroatoms. The fourth-order valence-electron chi connectivity index (χ4n) is 3.23. The highest BCUT2D eigenvalue weighted by molar-refractivity contribution is 6.09. The van der Waals surface area contributed by atoms with Crippen molar-refractivity contribution in [2.45, 2.75) is 12.6 Å². The van der Waals surface area contributed by atoms with E-state index < -0.39 is 23.5 Å². The van der Waals surface area contributed by atoms with Crippen LogP contribution in [0.3, 0.4) is 0 Å². The number of nitrogens with one attached hydrogen (secondary N) is 2. The van der Waals surface area contributed by atoms with Crippen LogP contribution in [0.1, 0.15) is 21.6 Å². The standard InChI is InChI=1S/C26H23F4N3O3/c1-4-6-19-20(11-12-24(32-19)35-3)33-25(34)18-9-7-16(26(28,29)30)14-22(18)31-21-10-8-17(27)15-23(21)36-13-5-2/h4-5,7-12,14-15,31H,1-2,6,13H2,3H3,(H,33,34). The van der Waals surface area contributed by atoms with Gasteiger partial charge in [0.05, 0.1) is 41.0 Å². The summed E-state index contributed by atoms with van der Waals surface area (Å²) in [7, 11) is 1.45. The van der Waals surface area contributed by atoms with Crippen molar-refractivity contribution >= 4 is 23.0 Å². The number of hydrogen-bond donors (Lipinski definition) is 2. The van der Waals surface area contributed by atoms with E-state index in [0.29, 0.717) is 23.7 Å². The summed E-state index contributed by atoms with van der Waals surface area (Å²) in [5.74, 6) is -0.945. The number of alkyl halides is 3. The first-order chi connectivity index (χ1) is 17.2. The predicted molar refractivity (Wildman–Crippen MR) is 129 cm³/mol. The van der Waals surface area contributed by atoms with Crippen molar-refractivity contribution in [1.82, 2.24) is 4.98 Å². The minimum Gasteiger partial charge on any atom is -0.487 e. The molecule has 2 N–H and O–H groups in total. The van der Waals surface area contributed by atoms with Crippen LogP contribution < -0.4 is 20.1 Å². The van der Waals surface area contributed by atoms with E-state index in [-0.39, 0.29) is 29.3 Å². The molecule has 0 aliphatic rings. The number of allylic oxidation sites excluding steroid dienone is 1. The topological polar surface area (TPSA) is 72.5 Å². The molecule has 0 atom stereocenters. The van der Waals surface area contributed by atoms with Crippen LogP contribution in [-0.2, 0) is 12.6 Å². The van der Waals surface area contributed by atoms with Gasteiger partial charge in [0.25, 0.3) is 5.91 Å². The molecule has 36 heavy (non-hydrogen) atoms. The number of amides is 1. The lowest BCUT2D eigenvalue weighted by Gasteiger charge is -2.18. The Labute approximate surface area is 205 Å². The predicted octanol–water partition coefficient (Wildman–Crippen LogP) is 6.54. The lowest BCUT2D eigenvalue weighted by atomic mass is 10.1. The molecule has 0 spiro atoms. The normalized spacial score (nSPS) is 10.9. The van der Waals surface area contributed by atoms with Crippen molar-refractivity contribution < 1.29 is 31.8 Å². The van der Waals surface area contributed by atoms with E-state index in [2.05, 4.69) is 28.8 Å². The molecule has 188 valence electrons. The van der Waals surface area contributed by atoms with Gasteiger partial charge in [-0.05, 0) is 36.4 Å². The van der Waals surface area contributed by atoms with E-state index in [1.54, 1.807) is 12.1 Å². The van der Waals surface area contributed by atoms with Gasteiger partial charge in [-0.3, -0.25) is 4.79 Å². The van der Waals surface area contributed by atoms with Gasteiger partial charge in [0.2, 0.25) is 5.88 Å². The van der Waals surface area contributed by atoms with Crippen LogP contribution in [0.2, 0.25) is 0 Å². The van der Waals surface area contributed by atoms with Crippen LogP contribution in [0.25, 0.3) is 0 Å². The van der Waals surface area contributed by atoms with Gasteiger partial charge in [0, 0.05) is 18.6 Å². The molecular formula is C26H23F4N3O3. The number of carbonyl (C=O) groups excluding carboxylic acids is 1. The maximum atomic E-state index is 13.8. The first-order valence-electron chi connectivity index (χ1n) is 10.6. The van der Waals surface area contributed by atoms with Crippen LogP contribution in [0.4, 0.5) is 34.6 Å². The first-order valence-corrected chi connectivity index (χ1v) is 10.6. The second-order valence-corrected chi connectivity index (χ2v) is 7.42. The maximum absolute atomic E-state index is 13.8. The van der Waals surface area contributed by atoms with E-state index in [4.69, 9.17) is 9.47 Å². The van der Waals surface area contributed by atoms with E-state index in [1.165, 1.54) is 25.3 Å². The number of benzene rings is 2. The summed E-state index contributed by atoms with van der Waals surface area (Å²) < 4.78 is 64.7. The Hall–Kier alpha value is -4.34. The van der Waals surface area contributed by atoms with Crippen LogP contribution in [0.5, 0.6) is 11.6 Å². The van der Waals surface area contributed by atoms with Crippen molar-refractivity contribution in [2.24, 2.45) is 0 Å². The van der Waals surface area contributed by atoms with Gasteiger partial charge < -0.3 is 20.1 Å². The van der Waals surface area contributed by atoms with Gasteiger partial charge in [0.1, 0.15) is 18.2 Å². The largest absolute Gasteiger partial charge is 0.487 e. The second-order valence-electron chi connectivity index (χ2n) is 7.42. The molecule has 2 aromatic carbocycles. The number of methoxy groups -OCH3 is 1. The van der Waals surface area contributed by atoms with Gasteiger partial charge in [-0.1, -0.05) is 18.7 Å². The Morgan fingerprint density at radius 2 is 1.78 bits per heavy atom. The zero-order valence-electron chi connectivity index (χ0n) is 19.3. The Morgan fingerprint density at radius 3 is 2.44 bits per heavy atom. The number of hydrogen-bond acceptors (Lipinski definition) is 5. The molecule has 3 rings (SSSR count). The quantitative estimate of drug-likeness (QED) is 0.244. The Morgan fingerprint density at radius 1 is 1.03 bits per heavy atom. The number of nitrogens with zero attached hydrogens (tertiary/aromatic N) is 1. The van der Waals surface area contributed by atoms with E-state index in [1.807, 2.05) is 0 Å². The van der Waals surface area contributed by atoms with Gasteiger partial charge >= 0.3 is 6.18 Å². The zero-order chi connectivity index (χ0) is 26.3. The maximum Gasteiger partial charge on any atom is 0.416 e. The highest BCUT2D eigenvalue weighted by Crippen LogP contribution is 2.36. The van der Waals surface area contributed by atoms with Gasteiger partial charge in [0.15, 0.2) is 0 Å². The highest BCUT2D eigenvalue weighted by Gasteiger charge is 2.32. The van der Waals surface area contributed by atoms with Crippen molar-refractivity contribution in [3.05, 3.63) is 96.5 Å². The number of carbonyl (C=O) groups is 1. The van der Waals surface area contributed by atoms with E-state index >= 15 is 0 Å². The number of rotatable bonds is 10. The van der Waals surface area contributed by atoms with Crippen molar-refractivity contribution in [1.29, 1.82) is 0 Å². The smallest absolute Gasteiger partial charge is 0.416 e. The summed E-state index contributed by atoms with van der Waals surface area (Å²) in [4.78, 5) is 17.5. The van der Waals surface area contributed by atoms with Gasteiger partial charge in [-0.25, -0.2) is 9.37 Å². The second kappa shape index (κ2) is 11.4. The molecule has 0 bridgehead atoms. The third kappa shape index (κ3) is 6.41. The molecule has 1 aromatic heterocycles. The Bertz CT molecular complexity index is 1280. The molecule has 0 saturated heterocycles. The first kappa shape index (κ1) is 26.3. The van der Waals surface area contributed by atoms with Crippen molar-refractivity contribution in [3.8, 4) is 11.6 Å². The van der Waals surface area contributed by atoms with Crippen LogP contribution in [-0.4, -0.2) is 24.6 Å². The molecule has 0 unspecified atom stereocenters. The third-order valence-corrected chi connectivity index (χ3v) is 4.90. The average Bonchev–Trinajstić information content (AvgIpc) is 2.84. The minimum absolute atomic E-state index is 0.0324. The number of aromatic nitrogens is 1. The number of halogens is 4. The molecule has 0 saturated carbocycles. The number of ether oxygens (including phenoxy) is 2. The number of pyridine rings is 1. The van der Waals surface area contributed by atoms with Crippen molar-refractivity contribution in [3.63, 3.8) is 0 Å². The van der Waals surface area contributed by atoms with Crippen molar-refractivity contribution in [2.75, 3.05) is 24.4 Å². The molecule has 0 fully saturated rings. The summed E-state index contributed by atoms with van der Waals surface area (Å²) in [6.07, 6.45) is -1.33. The third-order valence-electron chi connectivity index (χ3n) is 4.90. The summed E-state index contributed by atoms with van der Waals surface area (Å²) in [5, 5.41) is 5.45. The Kier molecular flexibility index (Phi) is 8.31. The molecule has 1 heterocycles. The zero-order valence-corrected chi connectivity index (χ0v) is 19.3. The molecule has 3 aromatic rings. The molecule has 0 aliphatic carbocycles. The van der Waals surface area contributed by atoms with Crippen LogP contribution in [0.15, 0.2) is 73.8 Å². The van der Waals surface area contributed by atoms with Crippen LogP contribution in [0, 0.1) is 5.82 Å². The number of anilines is 3. The minimum atomic E-state index is -4.66. The Balaban J connectivity index is 2.03. The summed E-state index contributed by atoms with van der Waals surface area (Å²) in [5.41, 5.74) is -0.284. The summed E-state index contributed by atoms with van der Waals surface area (Å²) >= 11 is 0. The van der Waals surface area contributed by atoms with Gasteiger partial charge in [-0.2, -0.15) is 13.2 Å². The fraction of sp³-hybridized carbons (Fsp3) is 0.154. The molecular weight excluding hydrogens is 478 g/mol. The SMILES string of the molecule is C=CCOc1cc(F)ccc1Nc1cc(C(F)(F)F)ccc1C(=O)Nc1ccc(OC)nc1CC=C. The van der Waals surface area contributed by atoms with Crippen LogP contribution >= 0.6 is 0 Å². The monoisotopic (exact) mass is 501 g/mol. The highest BCUT2D eigenvalue weighted by atomic mass is 19.4. The summed E-state index contributed by atoms with van der Waals surface area (Å²) in [6.45, 7) is 7.22. The summed E-state index contributed by atoms with van der Waals surface area (Å²) in [6, 6.07) is 9.24. The molecule has 0 aliphatic heterocycles. The van der Waals surface area contributed by atoms with E-state index in [0.717, 1.165) is 30.3 Å².